The minimum atomic E-state index is -0.721. The second-order valence-electron chi connectivity index (χ2n) is 19.4. The lowest BCUT2D eigenvalue weighted by molar-refractivity contribution is -0.135. The van der Waals surface area contributed by atoms with Crippen molar-refractivity contribution in [3.63, 3.8) is 0 Å². The van der Waals surface area contributed by atoms with Gasteiger partial charge in [-0.25, -0.2) is 23.5 Å². The molecule has 2 atom stereocenters. The molecule has 372 valence electrons. The average molecular weight is 978 g/mol. The highest BCUT2D eigenvalue weighted by molar-refractivity contribution is 6.06. The van der Waals surface area contributed by atoms with Gasteiger partial charge in [-0.15, -0.1) is 0 Å². The lowest BCUT2D eigenvalue weighted by Crippen LogP contribution is -2.44. The molecule has 0 radical (unpaired) electrons. The highest BCUT2D eigenvalue weighted by atomic mass is 19.1. The molecule has 2 N–H and O–H groups in total. The maximum Gasteiger partial charge on any atom is 0.329 e. The second-order valence-corrected chi connectivity index (χ2v) is 19.4. The quantitative estimate of drug-likeness (QED) is 0.130. The minimum absolute atomic E-state index is 0.0670. The van der Waals surface area contributed by atoms with Crippen molar-refractivity contribution in [2.24, 2.45) is 20.0 Å². The van der Waals surface area contributed by atoms with Gasteiger partial charge in [-0.1, -0.05) is 12.1 Å². The van der Waals surface area contributed by atoms with E-state index in [4.69, 9.17) is 4.98 Å². The van der Waals surface area contributed by atoms with Gasteiger partial charge >= 0.3 is 5.69 Å². The van der Waals surface area contributed by atoms with Crippen molar-refractivity contribution in [2.45, 2.75) is 64.5 Å². The van der Waals surface area contributed by atoms with Crippen LogP contribution in [-0.4, -0.2) is 91.1 Å². The lowest BCUT2D eigenvalue weighted by Gasteiger charge is -2.33. The number of nitrogens with one attached hydrogen (secondary N) is 2. The van der Waals surface area contributed by atoms with Crippen molar-refractivity contribution >= 4 is 62.6 Å². The fraction of sp³-hybridized carbons (Fsp3) is 0.352. The van der Waals surface area contributed by atoms with Gasteiger partial charge in [-0.3, -0.25) is 43.1 Å². The Bertz CT molecular complexity index is 3450. The number of amides is 3. The molecule has 18 heteroatoms. The van der Waals surface area contributed by atoms with Crippen molar-refractivity contribution in [2.75, 3.05) is 55.4 Å². The number of piperidine rings is 2. The van der Waals surface area contributed by atoms with Crippen LogP contribution in [0.1, 0.15) is 83.9 Å². The molecule has 2 saturated heterocycles. The smallest absolute Gasteiger partial charge is 0.329 e. The van der Waals surface area contributed by atoms with Gasteiger partial charge in [0.25, 0.3) is 11.5 Å². The Morgan fingerprint density at radius 1 is 0.903 bits per heavy atom. The molecule has 7 aromatic rings. The van der Waals surface area contributed by atoms with Crippen molar-refractivity contribution in [1.82, 2.24) is 38.5 Å². The summed E-state index contributed by atoms with van der Waals surface area (Å²) in [7, 11) is 6.86. The van der Waals surface area contributed by atoms with Gasteiger partial charge in [0.05, 0.1) is 40.5 Å². The number of imidazole rings is 1. The van der Waals surface area contributed by atoms with Crippen molar-refractivity contribution in [3.8, 4) is 5.69 Å². The van der Waals surface area contributed by atoms with Gasteiger partial charge in [0.15, 0.2) is 5.82 Å². The first-order chi connectivity index (χ1) is 34.6. The summed E-state index contributed by atoms with van der Waals surface area (Å²) in [6, 6.07) is 17.0. The van der Waals surface area contributed by atoms with E-state index in [1.54, 1.807) is 50.2 Å². The number of pyridine rings is 3. The number of carbonyl (C=O) groups excluding carboxylic acids is 3. The Balaban J connectivity index is 0.756. The fourth-order valence-electron chi connectivity index (χ4n) is 11.0. The van der Waals surface area contributed by atoms with Gasteiger partial charge in [-0.05, 0) is 117 Å². The van der Waals surface area contributed by atoms with E-state index in [0.29, 0.717) is 65.5 Å². The largest absolute Gasteiger partial charge is 0.386 e. The number of benzene rings is 2. The number of fused-ring (bicyclic) bond motifs is 2. The minimum Gasteiger partial charge on any atom is -0.386 e. The third-order valence-corrected chi connectivity index (χ3v) is 15.1. The molecule has 72 heavy (non-hydrogen) atoms. The predicted molar refractivity (Wildman–Crippen MR) is 274 cm³/mol. The molecular formula is C54H57F2N11O5. The van der Waals surface area contributed by atoms with E-state index < -0.39 is 23.6 Å². The van der Waals surface area contributed by atoms with E-state index in [1.165, 1.54) is 32.4 Å². The molecule has 5 aromatic heterocycles. The Kier molecular flexibility index (Phi) is 12.7. The zero-order valence-electron chi connectivity index (χ0n) is 41.2. The molecule has 16 nitrogen and oxygen atoms in total. The second kappa shape index (κ2) is 19.1. The SMILES string of the molecule is CNc1cc(=O)n(-c2ccnc3c2cc([C@H](C)N2CC=C(c4c(C)cc(C(=O)N(C)c5ccc(N6CCC(Cc7ccc8c(c7)n(C)c(=O)n8[C@H]7CCC(=O)NC7=O)CC6)nc5)cc4F)CC2)n3C)cc1F. The number of aryl methyl sites for hydroxylation is 3. The van der Waals surface area contributed by atoms with Gasteiger partial charge < -0.3 is 19.7 Å². The first kappa shape index (κ1) is 47.9. The Morgan fingerprint density at radius 3 is 2.39 bits per heavy atom. The van der Waals surface area contributed by atoms with Crippen molar-refractivity contribution in [1.29, 1.82) is 0 Å². The zero-order chi connectivity index (χ0) is 50.7. The Labute approximate surface area is 414 Å². The van der Waals surface area contributed by atoms with Crippen LogP contribution in [0.25, 0.3) is 33.3 Å². The Morgan fingerprint density at radius 2 is 1.69 bits per heavy atom. The summed E-state index contributed by atoms with van der Waals surface area (Å²) in [5.41, 5.74) is 7.07. The van der Waals surface area contributed by atoms with Gasteiger partial charge in [-0.2, -0.15) is 0 Å². The number of halogens is 2. The normalized spacial score (nSPS) is 17.4. The van der Waals surface area contributed by atoms with Gasteiger partial charge in [0.1, 0.15) is 23.3 Å². The summed E-state index contributed by atoms with van der Waals surface area (Å²) in [5.74, 6) is -0.874. The molecular weight excluding hydrogens is 921 g/mol. The van der Waals surface area contributed by atoms with E-state index in [0.717, 1.165) is 65.9 Å². The van der Waals surface area contributed by atoms with Crippen molar-refractivity contribution in [3.05, 3.63) is 146 Å². The Hall–Kier alpha value is -7.73. The highest BCUT2D eigenvalue weighted by Crippen LogP contribution is 2.35. The summed E-state index contributed by atoms with van der Waals surface area (Å²) in [6.45, 7) is 6.76. The number of nitrogens with zero attached hydrogens (tertiary/aromatic N) is 9. The predicted octanol–water partition coefficient (Wildman–Crippen LogP) is 6.96. The molecule has 0 unspecified atom stereocenters. The molecule has 8 heterocycles. The summed E-state index contributed by atoms with van der Waals surface area (Å²) < 4.78 is 37.3. The van der Waals surface area contributed by atoms with E-state index in [-0.39, 0.29) is 46.8 Å². The van der Waals surface area contributed by atoms with E-state index in [2.05, 4.69) is 32.3 Å². The van der Waals surface area contributed by atoms with Crippen LogP contribution >= 0.6 is 0 Å². The monoisotopic (exact) mass is 977 g/mol. The number of anilines is 3. The molecule has 2 aromatic carbocycles. The topological polar surface area (TPSA) is 165 Å². The maximum absolute atomic E-state index is 16.1. The van der Waals surface area contributed by atoms with Crippen LogP contribution in [0.3, 0.4) is 0 Å². The van der Waals surface area contributed by atoms with Crippen LogP contribution in [0.4, 0.5) is 26.0 Å². The molecule has 0 aliphatic carbocycles. The van der Waals surface area contributed by atoms with E-state index >= 15 is 4.39 Å². The number of imide groups is 1. The molecule has 3 amide bonds. The third kappa shape index (κ3) is 8.66. The summed E-state index contributed by atoms with van der Waals surface area (Å²) in [5, 5.41) is 5.79. The van der Waals surface area contributed by atoms with E-state index in [1.807, 2.05) is 61.0 Å². The molecule has 10 rings (SSSR count). The van der Waals surface area contributed by atoms with Crippen LogP contribution in [0.15, 0.2) is 94.9 Å². The molecule has 0 spiro atoms. The van der Waals surface area contributed by atoms with Crippen molar-refractivity contribution < 1.29 is 23.2 Å². The van der Waals surface area contributed by atoms with Gasteiger partial charge in [0, 0.05) is 101 Å². The fourth-order valence-corrected chi connectivity index (χ4v) is 11.0. The first-order valence-electron chi connectivity index (χ1n) is 24.4. The number of aromatic nitrogens is 6. The van der Waals surface area contributed by atoms with Crippen LogP contribution in [-0.2, 0) is 30.1 Å². The molecule has 0 bridgehead atoms. The molecule has 3 aliphatic heterocycles. The van der Waals surface area contributed by atoms with Crippen LogP contribution in [0, 0.1) is 24.5 Å². The maximum atomic E-state index is 16.1. The zero-order valence-corrected chi connectivity index (χ0v) is 41.2. The molecule has 3 aliphatic rings. The molecule has 0 saturated carbocycles. The number of hydrogen-bond acceptors (Lipinski definition) is 10. The van der Waals surface area contributed by atoms with Crippen LogP contribution < -0.4 is 31.7 Å². The highest BCUT2D eigenvalue weighted by Gasteiger charge is 2.32. The lowest BCUT2D eigenvalue weighted by atomic mass is 9.90. The summed E-state index contributed by atoms with van der Waals surface area (Å²) >= 11 is 0. The number of hydrogen-bond donors (Lipinski definition) is 2. The summed E-state index contributed by atoms with van der Waals surface area (Å²) in [6.07, 6.45) is 10.3. The van der Waals surface area contributed by atoms with Crippen LogP contribution in [0.5, 0.6) is 0 Å². The summed E-state index contributed by atoms with van der Waals surface area (Å²) in [4.78, 5) is 79.8. The third-order valence-electron chi connectivity index (χ3n) is 15.1. The first-order valence-corrected chi connectivity index (χ1v) is 24.4. The van der Waals surface area contributed by atoms with E-state index in [9.17, 15) is 28.4 Å². The van der Waals surface area contributed by atoms with Gasteiger partial charge in [0.2, 0.25) is 11.8 Å². The standard InChI is InChI=1S/C54H57F2N11O5/c1-31-23-36(26-39(55)50(31)35-16-21-64(22-17-35)32(2)45-27-38-42(13-18-58-51(38)62(45)5)66-30-40(56)41(57-3)28-49(66)69)53(71)61(4)37-8-11-47(59-29-37)65-19-14-33(15-20-65)24-34-7-9-43-46(25-34)63(6)54(72)67(43)44-10-12-48(68)60-52(44)70/h7-9,11,13,16,18,23,25-30,32-33,44,57H,10,12,14-15,17,19-22,24H2,1-6H3,(H,60,68,70)/t32-,44-/m0/s1. The average Bonchev–Trinajstić information content (AvgIpc) is 3.85. The number of rotatable bonds is 11. The molecule has 2 fully saturated rings. The van der Waals surface area contributed by atoms with Crippen LogP contribution in [0.2, 0.25) is 0 Å². The number of carbonyl (C=O) groups is 3.